The van der Waals surface area contributed by atoms with Crippen molar-refractivity contribution in [3.63, 3.8) is 0 Å². The molecular formula is C20H19N3O2S. The predicted octanol–water partition coefficient (Wildman–Crippen LogP) is 3.77. The van der Waals surface area contributed by atoms with Crippen molar-refractivity contribution in [2.24, 2.45) is 7.05 Å². The summed E-state index contributed by atoms with van der Waals surface area (Å²) in [4.78, 5) is 19.5. The van der Waals surface area contributed by atoms with Crippen LogP contribution in [0, 0.1) is 0 Å². The van der Waals surface area contributed by atoms with Gasteiger partial charge in [-0.05, 0) is 24.3 Å². The van der Waals surface area contributed by atoms with Crippen LogP contribution in [-0.4, -0.2) is 39.8 Å². The summed E-state index contributed by atoms with van der Waals surface area (Å²) in [5.74, 6) is 2.26. The van der Waals surface area contributed by atoms with Crippen LogP contribution in [0.2, 0.25) is 0 Å². The molecule has 5 nitrogen and oxygen atoms in total. The van der Waals surface area contributed by atoms with Gasteiger partial charge in [0, 0.05) is 25.4 Å². The highest BCUT2D eigenvalue weighted by molar-refractivity contribution is 8.03. The van der Waals surface area contributed by atoms with Gasteiger partial charge in [0.1, 0.15) is 11.6 Å². The summed E-state index contributed by atoms with van der Waals surface area (Å²) in [7, 11) is 3.58. The fourth-order valence-corrected chi connectivity index (χ4v) is 4.12. The number of carbonyl (C=O) groups excluding carboxylic acids is 1. The first-order valence-electron chi connectivity index (χ1n) is 8.40. The maximum absolute atomic E-state index is 13.0. The molecule has 0 aliphatic carbocycles. The third kappa shape index (κ3) is 2.86. The maximum atomic E-state index is 13.0. The molecule has 0 radical (unpaired) electrons. The molecule has 0 atom stereocenters. The van der Waals surface area contributed by atoms with E-state index in [1.807, 2.05) is 65.1 Å². The zero-order valence-corrected chi connectivity index (χ0v) is 15.5. The summed E-state index contributed by atoms with van der Waals surface area (Å²) in [6.45, 7) is 0.678. The van der Waals surface area contributed by atoms with Crippen LogP contribution in [0.25, 0.3) is 17.1 Å². The number of aryl methyl sites for hydroxylation is 1. The third-order valence-electron chi connectivity index (χ3n) is 4.49. The predicted molar refractivity (Wildman–Crippen MR) is 105 cm³/mol. The Hall–Kier alpha value is -2.73. The third-order valence-corrected chi connectivity index (χ3v) is 5.51. The van der Waals surface area contributed by atoms with Gasteiger partial charge in [0.25, 0.3) is 5.91 Å². The summed E-state index contributed by atoms with van der Waals surface area (Å²) in [6.07, 6.45) is 1.99. The number of fused-ring (bicyclic) bond motifs is 1. The van der Waals surface area contributed by atoms with Crippen molar-refractivity contribution in [1.82, 2.24) is 14.5 Å². The highest BCUT2D eigenvalue weighted by atomic mass is 32.2. The number of ether oxygens (including phenoxy) is 1. The van der Waals surface area contributed by atoms with Gasteiger partial charge < -0.3 is 14.2 Å². The first kappa shape index (κ1) is 16.7. The summed E-state index contributed by atoms with van der Waals surface area (Å²) in [6, 6.07) is 15.4. The van der Waals surface area contributed by atoms with Gasteiger partial charge in [-0.1, -0.05) is 24.3 Å². The lowest BCUT2D eigenvalue weighted by Crippen LogP contribution is -2.27. The number of rotatable bonds is 3. The van der Waals surface area contributed by atoms with Gasteiger partial charge in [-0.25, -0.2) is 4.98 Å². The van der Waals surface area contributed by atoms with Gasteiger partial charge in [0.05, 0.1) is 28.7 Å². The van der Waals surface area contributed by atoms with E-state index in [0.717, 1.165) is 27.6 Å². The molecule has 6 heteroatoms. The maximum Gasteiger partial charge on any atom is 0.262 e. The van der Waals surface area contributed by atoms with Gasteiger partial charge in [0.2, 0.25) is 0 Å². The zero-order chi connectivity index (χ0) is 18.1. The van der Waals surface area contributed by atoms with Crippen LogP contribution in [-0.2, 0) is 7.05 Å². The second-order valence-electron chi connectivity index (χ2n) is 6.01. The number of carbonyl (C=O) groups is 1. The van der Waals surface area contributed by atoms with Crippen LogP contribution in [0.5, 0.6) is 5.75 Å². The fourth-order valence-electron chi connectivity index (χ4n) is 3.12. The van der Waals surface area contributed by atoms with Crippen LogP contribution < -0.4 is 4.74 Å². The van der Waals surface area contributed by atoms with Crippen molar-refractivity contribution in [2.45, 2.75) is 0 Å². The van der Waals surface area contributed by atoms with E-state index < -0.39 is 0 Å². The molecule has 1 amide bonds. The Morgan fingerprint density at radius 1 is 1.19 bits per heavy atom. The van der Waals surface area contributed by atoms with Crippen molar-refractivity contribution in [1.29, 1.82) is 0 Å². The van der Waals surface area contributed by atoms with Crippen molar-refractivity contribution in [2.75, 3.05) is 19.4 Å². The Morgan fingerprint density at radius 2 is 1.96 bits per heavy atom. The molecule has 26 heavy (non-hydrogen) atoms. The minimum absolute atomic E-state index is 0.0440. The van der Waals surface area contributed by atoms with Gasteiger partial charge in [-0.15, -0.1) is 11.8 Å². The molecule has 0 bridgehead atoms. The van der Waals surface area contributed by atoms with Crippen LogP contribution in [0.1, 0.15) is 16.2 Å². The minimum Gasteiger partial charge on any atom is -0.496 e. The fraction of sp³-hybridized carbons (Fsp3) is 0.200. The number of thioether (sulfide) groups is 1. The van der Waals surface area contributed by atoms with E-state index in [1.165, 1.54) is 0 Å². The first-order chi connectivity index (χ1) is 12.7. The van der Waals surface area contributed by atoms with Crippen molar-refractivity contribution in [3.8, 4) is 5.75 Å². The molecule has 1 aliphatic rings. The number of methoxy groups -OCH3 is 1. The average Bonchev–Trinajstić information content (AvgIpc) is 3.26. The van der Waals surface area contributed by atoms with Crippen LogP contribution in [0.4, 0.5) is 0 Å². The molecule has 2 aromatic carbocycles. The van der Waals surface area contributed by atoms with Gasteiger partial charge in [0.15, 0.2) is 0 Å². The van der Waals surface area contributed by atoms with E-state index in [-0.39, 0.29) is 5.91 Å². The molecule has 3 aromatic rings. The highest BCUT2D eigenvalue weighted by Gasteiger charge is 2.27. The van der Waals surface area contributed by atoms with Crippen LogP contribution >= 0.6 is 11.8 Å². The Kier molecular flexibility index (Phi) is 4.42. The van der Waals surface area contributed by atoms with E-state index in [1.54, 1.807) is 24.9 Å². The van der Waals surface area contributed by atoms with Gasteiger partial charge in [-0.2, -0.15) is 0 Å². The summed E-state index contributed by atoms with van der Waals surface area (Å²) in [5.41, 5.74) is 2.60. The molecular weight excluding hydrogens is 346 g/mol. The van der Waals surface area contributed by atoms with Crippen molar-refractivity contribution in [3.05, 3.63) is 64.9 Å². The minimum atomic E-state index is -0.0440. The second kappa shape index (κ2) is 6.88. The van der Waals surface area contributed by atoms with Crippen molar-refractivity contribution < 1.29 is 9.53 Å². The number of imidazole rings is 1. The summed E-state index contributed by atoms with van der Waals surface area (Å²) < 4.78 is 7.40. The van der Waals surface area contributed by atoms with Gasteiger partial charge >= 0.3 is 0 Å². The van der Waals surface area contributed by atoms with Crippen LogP contribution in [0.3, 0.4) is 0 Å². The average molecular weight is 365 g/mol. The topological polar surface area (TPSA) is 47.4 Å². The van der Waals surface area contributed by atoms with E-state index in [0.29, 0.717) is 17.9 Å². The zero-order valence-electron chi connectivity index (χ0n) is 14.7. The SMILES string of the molecule is COc1ccccc1C(=O)N1CCS/C1=C/c1nc2ccccc2n1C. The lowest BCUT2D eigenvalue weighted by molar-refractivity contribution is 0.0827. The highest BCUT2D eigenvalue weighted by Crippen LogP contribution is 2.33. The molecule has 132 valence electrons. The number of benzene rings is 2. The number of amides is 1. The molecule has 1 aliphatic heterocycles. The molecule has 0 unspecified atom stereocenters. The van der Waals surface area contributed by atoms with E-state index in [4.69, 9.17) is 4.74 Å². The molecule has 0 saturated carbocycles. The number of aromatic nitrogens is 2. The van der Waals surface area contributed by atoms with Gasteiger partial charge in [-0.3, -0.25) is 4.79 Å². The Bertz CT molecular complexity index is 1010. The lowest BCUT2D eigenvalue weighted by atomic mass is 10.1. The Labute approximate surface area is 156 Å². The molecule has 1 aromatic heterocycles. The van der Waals surface area contributed by atoms with E-state index in [9.17, 15) is 4.79 Å². The Balaban J connectivity index is 1.70. The Morgan fingerprint density at radius 3 is 2.77 bits per heavy atom. The number of nitrogens with zero attached hydrogens (tertiary/aromatic N) is 3. The van der Waals surface area contributed by atoms with Crippen LogP contribution in [0.15, 0.2) is 53.6 Å². The lowest BCUT2D eigenvalue weighted by Gasteiger charge is -2.18. The van der Waals surface area contributed by atoms with E-state index in [2.05, 4.69) is 4.98 Å². The molecule has 0 spiro atoms. The smallest absolute Gasteiger partial charge is 0.262 e. The standard InChI is InChI=1S/C20H19N3O2S/c1-22-16-9-5-4-8-15(16)21-18(22)13-19-23(11-12-26-19)20(24)14-7-3-6-10-17(14)25-2/h3-10,13H,11-12H2,1-2H3/b19-13+. The molecule has 2 heterocycles. The molecule has 0 N–H and O–H groups in total. The number of para-hydroxylation sites is 3. The number of hydrogen-bond acceptors (Lipinski definition) is 4. The van der Waals surface area contributed by atoms with Crippen molar-refractivity contribution >= 4 is 34.8 Å². The summed E-state index contributed by atoms with van der Waals surface area (Å²) in [5, 5.41) is 0.916. The molecule has 4 rings (SSSR count). The molecule has 1 saturated heterocycles. The molecule has 1 fully saturated rings. The quantitative estimate of drug-likeness (QED) is 0.709. The monoisotopic (exact) mass is 365 g/mol. The normalized spacial score (nSPS) is 15.8. The summed E-state index contributed by atoms with van der Waals surface area (Å²) >= 11 is 1.67. The number of hydrogen-bond donors (Lipinski definition) is 0. The first-order valence-corrected chi connectivity index (χ1v) is 9.38. The largest absolute Gasteiger partial charge is 0.496 e. The van der Waals surface area contributed by atoms with E-state index >= 15 is 0 Å². The second-order valence-corrected chi connectivity index (χ2v) is 7.12.